The molecule has 0 rings (SSSR count). The second-order valence-corrected chi connectivity index (χ2v) is 5.02. The Kier molecular flexibility index (Phi) is 6.38. The zero-order valence-electron chi connectivity index (χ0n) is 10.3. The lowest BCUT2D eigenvalue weighted by Crippen LogP contribution is -2.49. The predicted octanol–water partition coefficient (Wildman–Crippen LogP) is 2.52. The lowest BCUT2D eigenvalue weighted by Gasteiger charge is -2.38. The van der Waals surface area contributed by atoms with E-state index in [0.717, 1.165) is 19.4 Å². The largest absolute Gasteiger partial charge is 0.330 e. The van der Waals surface area contributed by atoms with Gasteiger partial charge in [-0.25, -0.2) is 0 Å². The first-order valence-corrected chi connectivity index (χ1v) is 5.94. The molecule has 0 aliphatic carbocycles. The monoisotopic (exact) mass is 200 g/mol. The van der Waals surface area contributed by atoms with Gasteiger partial charge in [0.1, 0.15) is 0 Å². The minimum atomic E-state index is 0.00853. The standard InChI is InChI=1S/C12H28N2/c1-10(2)12(14,11(3)4)8-6-5-7-9-13/h10-11H,5-9,13-14H2,1-4H3. The molecule has 0 saturated heterocycles. The van der Waals surface area contributed by atoms with Crippen LogP contribution in [-0.2, 0) is 0 Å². The molecule has 0 aliphatic rings. The van der Waals surface area contributed by atoms with Crippen LogP contribution in [0.4, 0.5) is 0 Å². The van der Waals surface area contributed by atoms with Gasteiger partial charge in [-0.15, -0.1) is 0 Å². The van der Waals surface area contributed by atoms with Crippen LogP contribution in [-0.4, -0.2) is 12.1 Å². The minimum absolute atomic E-state index is 0.00853. The van der Waals surface area contributed by atoms with Gasteiger partial charge in [-0.1, -0.05) is 40.5 Å². The van der Waals surface area contributed by atoms with Crippen LogP contribution in [0.5, 0.6) is 0 Å². The molecule has 14 heavy (non-hydrogen) atoms. The Morgan fingerprint density at radius 1 is 0.929 bits per heavy atom. The van der Waals surface area contributed by atoms with Crippen LogP contribution in [0.15, 0.2) is 0 Å². The van der Waals surface area contributed by atoms with Crippen molar-refractivity contribution in [3.8, 4) is 0 Å². The Bertz CT molecular complexity index is 133. The van der Waals surface area contributed by atoms with E-state index in [-0.39, 0.29) is 5.54 Å². The van der Waals surface area contributed by atoms with Gasteiger partial charge in [-0.2, -0.15) is 0 Å². The molecule has 0 unspecified atom stereocenters. The lowest BCUT2D eigenvalue weighted by molar-refractivity contribution is 0.202. The summed E-state index contributed by atoms with van der Waals surface area (Å²) < 4.78 is 0. The summed E-state index contributed by atoms with van der Waals surface area (Å²) in [4.78, 5) is 0. The fourth-order valence-electron chi connectivity index (χ4n) is 2.00. The van der Waals surface area contributed by atoms with Crippen LogP contribution in [0, 0.1) is 11.8 Å². The average molecular weight is 200 g/mol. The minimum Gasteiger partial charge on any atom is -0.330 e. The molecule has 4 N–H and O–H groups in total. The Morgan fingerprint density at radius 3 is 1.79 bits per heavy atom. The van der Waals surface area contributed by atoms with Crippen molar-refractivity contribution in [3.63, 3.8) is 0 Å². The van der Waals surface area contributed by atoms with Crippen molar-refractivity contribution in [2.45, 2.75) is 58.9 Å². The van der Waals surface area contributed by atoms with Gasteiger partial charge in [0, 0.05) is 5.54 Å². The summed E-state index contributed by atoms with van der Waals surface area (Å²) in [5.74, 6) is 1.11. The quantitative estimate of drug-likeness (QED) is 0.620. The summed E-state index contributed by atoms with van der Waals surface area (Å²) in [7, 11) is 0. The van der Waals surface area contributed by atoms with Crippen LogP contribution in [0.25, 0.3) is 0 Å². The summed E-state index contributed by atoms with van der Waals surface area (Å²) in [6, 6.07) is 0. The van der Waals surface area contributed by atoms with Crippen LogP contribution in [0.2, 0.25) is 0 Å². The molecule has 0 heterocycles. The molecule has 0 saturated carbocycles. The number of hydrogen-bond donors (Lipinski definition) is 2. The zero-order chi connectivity index (χ0) is 11.2. The van der Waals surface area contributed by atoms with E-state index in [1.165, 1.54) is 12.8 Å². The second-order valence-electron chi connectivity index (χ2n) is 5.02. The van der Waals surface area contributed by atoms with Crippen molar-refractivity contribution >= 4 is 0 Å². The number of rotatable bonds is 7. The molecule has 2 heteroatoms. The maximum absolute atomic E-state index is 6.43. The van der Waals surface area contributed by atoms with E-state index in [2.05, 4.69) is 27.7 Å². The van der Waals surface area contributed by atoms with Crippen molar-refractivity contribution in [3.05, 3.63) is 0 Å². The number of unbranched alkanes of at least 4 members (excludes halogenated alkanes) is 2. The molecule has 0 bridgehead atoms. The van der Waals surface area contributed by atoms with E-state index in [1.54, 1.807) is 0 Å². The van der Waals surface area contributed by atoms with Gasteiger partial charge in [0.05, 0.1) is 0 Å². The normalized spacial score (nSPS) is 12.9. The van der Waals surface area contributed by atoms with Gasteiger partial charge < -0.3 is 11.5 Å². The van der Waals surface area contributed by atoms with Crippen molar-refractivity contribution in [2.75, 3.05) is 6.54 Å². The molecular weight excluding hydrogens is 172 g/mol. The fraction of sp³-hybridized carbons (Fsp3) is 1.00. The molecule has 0 spiro atoms. The molecule has 0 amide bonds. The second kappa shape index (κ2) is 6.41. The van der Waals surface area contributed by atoms with Crippen molar-refractivity contribution in [2.24, 2.45) is 23.3 Å². The Labute approximate surface area is 89.4 Å². The van der Waals surface area contributed by atoms with Gasteiger partial charge in [0.25, 0.3) is 0 Å². The third-order valence-corrected chi connectivity index (χ3v) is 3.46. The van der Waals surface area contributed by atoms with E-state index >= 15 is 0 Å². The number of hydrogen-bond acceptors (Lipinski definition) is 2. The fourth-order valence-corrected chi connectivity index (χ4v) is 2.00. The molecule has 0 aromatic rings. The van der Waals surface area contributed by atoms with Crippen molar-refractivity contribution < 1.29 is 0 Å². The summed E-state index contributed by atoms with van der Waals surface area (Å²) in [6.07, 6.45) is 4.69. The molecular formula is C12H28N2. The van der Waals surface area contributed by atoms with E-state index in [4.69, 9.17) is 11.5 Å². The molecule has 0 aliphatic heterocycles. The van der Waals surface area contributed by atoms with Crippen molar-refractivity contribution in [1.82, 2.24) is 0 Å². The molecule has 0 fully saturated rings. The summed E-state index contributed by atoms with van der Waals surface area (Å²) in [6.45, 7) is 9.71. The lowest BCUT2D eigenvalue weighted by atomic mass is 9.74. The summed E-state index contributed by atoms with van der Waals surface area (Å²) >= 11 is 0. The predicted molar refractivity (Wildman–Crippen MR) is 64.1 cm³/mol. The Morgan fingerprint density at radius 2 is 1.43 bits per heavy atom. The Hall–Kier alpha value is -0.0800. The molecule has 0 aromatic carbocycles. The van der Waals surface area contributed by atoms with E-state index in [0.29, 0.717) is 11.8 Å². The highest BCUT2D eigenvalue weighted by Gasteiger charge is 2.31. The van der Waals surface area contributed by atoms with Crippen LogP contribution in [0.1, 0.15) is 53.4 Å². The van der Waals surface area contributed by atoms with Gasteiger partial charge in [-0.3, -0.25) is 0 Å². The highest BCUT2D eigenvalue weighted by molar-refractivity contribution is 4.90. The maximum atomic E-state index is 6.43. The molecule has 86 valence electrons. The SMILES string of the molecule is CC(C)C(N)(CCCCCN)C(C)C. The van der Waals surface area contributed by atoms with E-state index in [9.17, 15) is 0 Å². The molecule has 2 nitrogen and oxygen atoms in total. The van der Waals surface area contributed by atoms with Gasteiger partial charge in [-0.05, 0) is 31.2 Å². The van der Waals surface area contributed by atoms with Gasteiger partial charge >= 0.3 is 0 Å². The zero-order valence-corrected chi connectivity index (χ0v) is 10.3. The van der Waals surface area contributed by atoms with Crippen molar-refractivity contribution in [1.29, 1.82) is 0 Å². The maximum Gasteiger partial charge on any atom is 0.0200 e. The average Bonchev–Trinajstić information content (AvgIpc) is 2.11. The highest BCUT2D eigenvalue weighted by Crippen LogP contribution is 2.28. The third-order valence-electron chi connectivity index (χ3n) is 3.46. The van der Waals surface area contributed by atoms with E-state index < -0.39 is 0 Å². The smallest absolute Gasteiger partial charge is 0.0200 e. The third kappa shape index (κ3) is 3.97. The molecule has 0 aromatic heterocycles. The summed E-state index contributed by atoms with van der Waals surface area (Å²) in [5, 5.41) is 0. The first kappa shape index (κ1) is 13.9. The number of nitrogens with two attached hydrogens (primary N) is 2. The van der Waals surface area contributed by atoms with Gasteiger partial charge in [0.15, 0.2) is 0 Å². The Balaban J connectivity index is 3.98. The van der Waals surface area contributed by atoms with E-state index in [1.807, 2.05) is 0 Å². The van der Waals surface area contributed by atoms with Crippen LogP contribution in [0.3, 0.4) is 0 Å². The van der Waals surface area contributed by atoms with Crippen LogP contribution < -0.4 is 11.5 Å². The first-order valence-electron chi connectivity index (χ1n) is 5.94. The van der Waals surface area contributed by atoms with Crippen LogP contribution >= 0.6 is 0 Å². The van der Waals surface area contributed by atoms with Gasteiger partial charge in [0.2, 0.25) is 0 Å². The molecule has 0 radical (unpaired) electrons. The highest BCUT2D eigenvalue weighted by atomic mass is 14.8. The topological polar surface area (TPSA) is 52.0 Å². The molecule has 0 atom stereocenters. The first-order chi connectivity index (χ1) is 6.45. The summed E-state index contributed by atoms with van der Waals surface area (Å²) in [5.41, 5.74) is 11.9.